The van der Waals surface area contributed by atoms with Gasteiger partial charge in [0.15, 0.2) is 0 Å². The van der Waals surface area contributed by atoms with E-state index in [4.69, 9.17) is 19.3 Å². The topological polar surface area (TPSA) is 121 Å². The lowest BCUT2D eigenvalue weighted by atomic mass is 9.95. The number of nitrogens with two attached hydrogens (primary N) is 1. The standard InChI is InChI=1S/C32H28FN3O5/c1-17-12-26(39-3)24(30(38)36-32(10-11-32)31-35-16-18(2)40-31)15-21(17)13-19-4-9-25-23(14-19)27(29(34)37)28(41-25)20-5-7-22(33)8-6-20/h4-9,12,14-16H,10-11,13H2,1-3H3,(H2,34,37)(H,36,38). The predicted molar refractivity (Wildman–Crippen MR) is 150 cm³/mol. The molecule has 3 N–H and O–H groups in total. The highest BCUT2D eigenvalue weighted by Gasteiger charge is 2.50. The number of primary amides is 1. The number of carbonyl (C=O) groups is 2. The summed E-state index contributed by atoms with van der Waals surface area (Å²) < 4.78 is 30.7. The van der Waals surface area contributed by atoms with Gasteiger partial charge in [0.25, 0.3) is 11.8 Å². The van der Waals surface area contributed by atoms with Crippen molar-refractivity contribution in [1.82, 2.24) is 10.3 Å². The summed E-state index contributed by atoms with van der Waals surface area (Å²) in [4.78, 5) is 30.3. The minimum absolute atomic E-state index is 0.233. The Morgan fingerprint density at radius 2 is 1.83 bits per heavy atom. The predicted octanol–water partition coefficient (Wildman–Crippen LogP) is 5.96. The van der Waals surface area contributed by atoms with E-state index in [0.717, 1.165) is 29.5 Å². The number of nitrogens with zero attached hydrogens (tertiary/aromatic N) is 1. The molecule has 1 saturated carbocycles. The minimum atomic E-state index is -0.643. The lowest BCUT2D eigenvalue weighted by Crippen LogP contribution is -2.35. The van der Waals surface area contributed by atoms with Crippen molar-refractivity contribution in [3.8, 4) is 17.1 Å². The fraction of sp³-hybridized carbons (Fsp3) is 0.219. The summed E-state index contributed by atoms with van der Waals surface area (Å²) in [6, 6.07) is 14.9. The van der Waals surface area contributed by atoms with Gasteiger partial charge in [-0.15, -0.1) is 0 Å². The number of aromatic nitrogens is 1. The van der Waals surface area contributed by atoms with Crippen LogP contribution in [0.25, 0.3) is 22.3 Å². The molecule has 6 rings (SSSR count). The molecule has 0 radical (unpaired) electrons. The molecular weight excluding hydrogens is 525 g/mol. The number of fused-ring (bicyclic) bond motifs is 1. The molecule has 2 heterocycles. The number of amides is 2. The van der Waals surface area contributed by atoms with Gasteiger partial charge in [-0.1, -0.05) is 6.07 Å². The Morgan fingerprint density at radius 1 is 1.07 bits per heavy atom. The van der Waals surface area contributed by atoms with Crippen molar-refractivity contribution < 1.29 is 27.6 Å². The Morgan fingerprint density at radius 3 is 2.46 bits per heavy atom. The first-order valence-electron chi connectivity index (χ1n) is 13.2. The first-order valence-corrected chi connectivity index (χ1v) is 13.2. The molecule has 2 amide bonds. The van der Waals surface area contributed by atoms with Crippen LogP contribution < -0.4 is 15.8 Å². The SMILES string of the molecule is COc1cc(C)c(Cc2ccc3oc(-c4ccc(F)cc4)c(C(N)=O)c3c2)cc1C(=O)NC1(c2ncc(C)o2)CC1. The zero-order valence-corrected chi connectivity index (χ0v) is 22.8. The number of carbonyl (C=O) groups excluding carboxylic acids is 2. The average molecular weight is 554 g/mol. The average Bonchev–Trinajstić information content (AvgIpc) is 3.41. The largest absolute Gasteiger partial charge is 0.496 e. The van der Waals surface area contributed by atoms with Gasteiger partial charge in [0.05, 0.1) is 24.4 Å². The van der Waals surface area contributed by atoms with Crippen LogP contribution in [0.2, 0.25) is 0 Å². The smallest absolute Gasteiger partial charge is 0.255 e. The zero-order chi connectivity index (χ0) is 28.9. The quantitative estimate of drug-likeness (QED) is 0.245. The van der Waals surface area contributed by atoms with Gasteiger partial charge in [-0.3, -0.25) is 9.59 Å². The van der Waals surface area contributed by atoms with Gasteiger partial charge in [0.2, 0.25) is 5.89 Å². The highest BCUT2D eigenvalue weighted by Crippen LogP contribution is 2.45. The van der Waals surface area contributed by atoms with Crippen molar-refractivity contribution in [3.05, 3.63) is 106 Å². The van der Waals surface area contributed by atoms with Crippen LogP contribution in [0, 0.1) is 19.7 Å². The van der Waals surface area contributed by atoms with Crippen LogP contribution in [0.15, 0.2) is 69.6 Å². The van der Waals surface area contributed by atoms with Crippen molar-refractivity contribution in [1.29, 1.82) is 0 Å². The van der Waals surface area contributed by atoms with Gasteiger partial charge in [0.1, 0.15) is 34.2 Å². The van der Waals surface area contributed by atoms with E-state index >= 15 is 0 Å². The number of rotatable bonds is 8. The number of nitrogens with one attached hydrogen (secondary N) is 1. The number of aryl methyl sites for hydroxylation is 2. The van der Waals surface area contributed by atoms with Crippen LogP contribution in [0.3, 0.4) is 0 Å². The highest BCUT2D eigenvalue weighted by molar-refractivity contribution is 6.10. The molecule has 3 aromatic carbocycles. The van der Waals surface area contributed by atoms with Crippen molar-refractivity contribution in [3.63, 3.8) is 0 Å². The van der Waals surface area contributed by atoms with Gasteiger partial charge < -0.3 is 24.6 Å². The summed E-state index contributed by atoms with van der Waals surface area (Å²) in [5.41, 5.74) is 9.57. The molecule has 0 unspecified atom stereocenters. The fourth-order valence-corrected chi connectivity index (χ4v) is 5.16. The van der Waals surface area contributed by atoms with Crippen molar-refractivity contribution in [2.75, 3.05) is 7.11 Å². The van der Waals surface area contributed by atoms with Gasteiger partial charge in [-0.2, -0.15) is 0 Å². The third-order valence-corrected chi connectivity index (χ3v) is 7.54. The van der Waals surface area contributed by atoms with Gasteiger partial charge in [0, 0.05) is 10.9 Å². The normalized spacial score (nSPS) is 13.8. The number of hydrogen-bond donors (Lipinski definition) is 2. The molecule has 8 nitrogen and oxygen atoms in total. The molecular formula is C32H28FN3O5. The number of ether oxygens (including phenoxy) is 1. The van der Waals surface area contributed by atoms with E-state index < -0.39 is 17.3 Å². The number of furan rings is 1. The molecule has 1 aliphatic rings. The maximum absolute atomic E-state index is 13.5. The van der Waals surface area contributed by atoms with Gasteiger partial charge in [-0.05, 0) is 98.3 Å². The van der Waals surface area contributed by atoms with Crippen LogP contribution in [0.1, 0.15) is 61.9 Å². The number of hydrogen-bond acceptors (Lipinski definition) is 6. The van der Waals surface area contributed by atoms with Crippen LogP contribution >= 0.6 is 0 Å². The van der Waals surface area contributed by atoms with Crippen molar-refractivity contribution >= 4 is 22.8 Å². The molecule has 0 atom stereocenters. The van der Waals surface area contributed by atoms with E-state index in [1.54, 1.807) is 24.4 Å². The van der Waals surface area contributed by atoms with Crippen molar-refractivity contribution in [2.45, 2.75) is 38.6 Å². The van der Waals surface area contributed by atoms with Crippen LogP contribution in [-0.2, 0) is 12.0 Å². The number of methoxy groups -OCH3 is 1. The molecule has 0 aliphatic heterocycles. The lowest BCUT2D eigenvalue weighted by Gasteiger charge is -2.17. The van der Waals surface area contributed by atoms with E-state index in [-0.39, 0.29) is 11.5 Å². The minimum Gasteiger partial charge on any atom is -0.496 e. The molecule has 1 fully saturated rings. The summed E-state index contributed by atoms with van der Waals surface area (Å²) in [5, 5.41) is 3.67. The van der Waals surface area contributed by atoms with E-state index in [9.17, 15) is 14.0 Å². The van der Waals surface area contributed by atoms with E-state index in [1.165, 1.54) is 19.2 Å². The maximum Gasteiger partial charge on any atom is 0.255 e. The van der Waals surface area contributed by atoms with Gasteiger partial charge >= 0.3 is 0 Å². The first-order chi connectivity index (χ1) is 19.7. The van der Waals surface area contributed by atoms with Crippen LogP contribution in [-0.4, -0.2) is 23.9 Å². The zero-order valence-electron chi connectivity index (χ0n) is 22.8. The van der Waals surface area contributed by atoms with E-state index in [2.05, 4.69) is 10.3 Å². The summed E-state index contributed by atoms with van der Waals surface area (Å²) in [6.07, 6.45) is 3.61. The van der Waals surface area contributed by atoms with Gasteiger partial charge in [-0.25, -0.2) is 9.37 Å². The Kier molecular flexibility index (Phi) is 6.37. The Hall–Kier alpha value is -4.92. The second kappa shape index (κ2) is 9.92. The fourth-order valence-electron chi connectivity index (χ4n) is 5.16. The van der Waals surface area contributed by atoms with Crippen molar-refractivity contribution in [2.24, 2.45) is 5.73 Å². The summed E-state index contributed by atoms with van der Waals surface area (Å²) in [7, 11) is 1.53. The lowest BCUT2D eigenvalue weighted by molar-refractivity contribution is 0.0918. The summed E-state index contributed by atoms with van der Waals surface area (Å²) in [6.45, 7) is 3.77. The van der Waals surface area contributed by atoms with Crippen LogP contribution in [0.4, 0.5) is 4.39 Å². The molecule has 9 heteroatoms. The number of benzene rings is 3. The highest BCUT2D eigenvalue weighted by atomic mass is 19.1. The molecule has 208 valence electrons. The Labute approximate surface area is 235 Å². The van der Waals surface area contributed by atoms with E-state index in [1.807, 2.05) is 38.1 Å². The summed E-state index contributed by atoms with van der Waals surface area (Å²) in [5.74, 6) is 0.642. The molecule has 5 aromatic rings. The molecule has 0 saturated heterocycles. The molecule has 41 heavy (non-hydrogen) atoms. The third-order valence-electron chi connectivity index (χ3n) is 7.54. The molecule has 2 aromatic heterocycles. The number of oxazole rings is 1. The van der Waals surface area contributed by atoms with E-state index in [0.29, 0.717) is 51.7 Å². The Bertz CT molecular complexity index is 1820. The molecule has 0 bridgehead atoms. The maximum atomic E-state index is 13.5. The first kappa shape index (κ1) is 26.3. The monoisotopic (exact) mass is 553 g/mol. The second-order valence-electron chi connectivity index (χ2n) is 10.5. The Balaban J connectivity index is 1.33. The second-order valence-corrected chi connectivity index (χ2v) is 10.5. The molecule has 1 aliphatic carbocycles. The summed E-state index contributed by atoms with van der Waals surface area (Å²) >= 11 is 0. The van der Waals surface area contributed by atoms with Crippen LogP contribution in [0.5, 0.6) is 5.75 Å². The third kappa shape index (κ3) is 4.84. The molecule has 0 spiro atoms. The number of halogens is 1.